The van der Waals surface area contributed by atoms with Crippen molar-refractivity contribution in [2.45, 2.75) is 63.8 Å². The molecule has 1 amide bonds. The number of amides is 1. The number of rotatable bonds is 5. The van der Waals surface area contributed by atoms with E-state index in [1.165, 1.54) is 0 Å². The number of anilines is 1. The number of carbonyl (C=O) groups is 1. The smallest absolute Gasteiger partial charge is 0.225 e. The zero-order chi connectivity index (χ0) is 18.9. The maximum absolute atomic E-state index is 13.3. The molecule has 1 aromatic carbocycles. The Morgan fingerprint density at radius 3 is 2.16 bits per heavy atom. The third-order valence-corrected chi connectivity index (χ3v) is 6.33. The van der Waals surface area contributed by atoms with Crippen LogP contribution in [-0.4, -0.2) is 18.9 Å². The van der Waals surface area contributed by atoms with Crippen LogP contribution in [0.1, 0.15) is 50.1 Å². The first-order valence-electron chi connectivity index (χ1n) is 8.44. The molecular formula is C19H26N2O3S. The summed E-state index contributed by atoms with van der Waals surface area (Å²) < 4.78 is 28.4. The first kappa shape index (κ1) is 19.2. The highest BCUT2D eigenvalue weighted by molar-refractivity contribution is 7.91. The molecule has 5 nitrogen and oxygen atoms in total. The quantitative estimate of drug-likeness (QED) is 0.868. The van der Waals surface area contributed by atoms with Gasteiger partial charge >= 0.3 is 0 Å². The van der Waals surface area contributed by atoms with Crippen molar-refractivity contribution < 1.29 is 13.2 Å². The van der Waals surface area contributed by atoms with E-state index in [2.05, 4.69) is 5.32 Å². The molecule has 0 radical (unpaired) electrons. The Labute approximate surface area is 150 Å². The second kappa shape index (κ2) is 7.04. The summed E-state index contributed by atoms with van der Waals surface area (Å²) in [7, 11) is -3.74. The molecule has 0 atom stereocenters. The van der Waals surface area contributed by atoms with Crippen LogP contribution in [0.3, 0.4) is 0 Å². The Kier molecular flexibility index (Phi) is 5.42. The van der Waals surface area contributed by atoms with Gasteiger partial charge in [-0.15, -0.1) is 0 Å². The summed E-state index contributed by atoms with van der Waals surface area (Å²) in [6, 6.07) is 6.79. The normalized spacial score (nSPS) is 11.8. The average molecular weight is 362 g/mol. The lowest BCUT2D eigenvalue weighted by atomic mass is 10.2. The van der Waals surface area contributed by atoms with Gasteiger partial charge in [0.1, 0.15) is 10.7 Å². The largest absolute Gasteiger partial charge is 0.328 e. The fourth-order valence-electron chi connectivity index (χ4n) is 2.95. The molecule has 1 aromatic heterocycles. The molecule has 0 saturated heterocycles. The maximum atomic E-state index is 13.3. The first-order chi connectivity index (χ1) is 11.6. The summed E-state index contributed by atoms with van der Waals surface area (Å²) in [6.45, 7) is 11.3. The molecule has 6 heteroatoms. The van der Waals surface area contributed by atoms with Gasteiger partial charge in [-0.1, -0.05) is 24.6 Å². The van der Waals surface area contributed by atoms with Crippen molar-refractivity contribution >= 4 is 21.6 Å². The van der Waals surface area contributed by atoms with E-state index < -0.39 is 9.84 Å². The lowest BCUT2D eigenvalue weighted by molar-refractivity contribution is -0.115. The van der Waals surface area contributed by atoms with Crippen LogP contribution in [0.4, 0.5) is 5.82 Å². The van der Waals surface area contributed by atoms with Gasteiger partial charge in [-0.3, -0.25) is 4.79 Å². The number of carbonyl (C=O) groups excluding carboxylic acids is 1. The SMILES string of the molecule is CCC(=O)Nc1c(S(=O)(=O)c2ccc(C)cc2)c(C)c(C)n1C(C)C. The predicted molar refractivity (Wildman–Crippen MR) is 99.8 cm³/mol. The number of nitrogens with one attached hydrogen (secondary N) is 1. The molecule has 0 aliphatic rings. The van der Waals surface area contributed by atoms with Gasteiger partial charge in [-0.25, -0.2) is 8.42 Å². The monoisotopic (exact) mass is 362 g/mol. The molecule has 2 rings (SSSR count). The van der Waals surface area contributed by atoms with Gasteiger partial charge in [0, 0.05) is 18.2 Å². The van der Waals surface area contributed by atoms with Crippen LogP contribution >= 0.6 is 0 Å². The van der Waals surface area contributed by atoms with Crippen LogP contribution in [-0.2, 0) is 14.6 Å². The molecule has 0 fully saturated rings. The van der Waals surface area contributed by atoms with E-state index in [0.29, 0.717) is 11.4 Å². The van der Waals surface area contributed by atoms with Crippen LogP contribution in [0, 0.1) is 20.8 Å². The second-order valence-electron chi connectivity index (χ2n) is 6.57. The number of hydrogen-bond acceptors (Lipinski definition) is 3. The molecule has 0 bridgehead atoms. The van der Waals surface area contributed by atoms with E-state index in [-0.39, 0.29) is 28.2 Å². The average Bonchev–Trinajstić information content (AvgIpc) is 2.79. The number of benzene rings is 1. The number of hydrogen-bond donors (Lipinski definition) is 1. The number of aryl methyl sites for hydroxylation is 1. The molecule has 25 heavy (non-hydrogen) atoms. The van der Waals surface area contributed by atoms with Crippen LogP contribution < -0.4 is 5.32 Å². The number of sulfone groups is 1. The summed E-state index contributed by atoms with van der Waals surface area (Å²) in [4.78, 5) is 12.4. The molecule has 2 aromatic rings. The fraction of sp³-hybridized carbons (Fsp3) is 0.421. The minimum Gasteiger partial charge on any atom is -0.328 e. The molecule has 0 aliphatic heterocycles. The van der Waals surface area contributed by atoms with Gasteiger partial charge in [0.2, 0.25) is 15.7 Å². The fourth-order valence-corrected chi connectivity index (χ4v) is 4.63. The van der Waals surface area contributed by atoms with Gasteiger partial charge < -0.3 is 9.88 Å². The summed E-state index contributed by atoms with van der Waals surface area (Å²) in [5.41, 5.74) is 2.50. The van der Waals surface area contributed by atoms with E-state index in [9.17, 15) is 13.2 Å². The molecule has 0 saturated carbocycles. The highest BCUT2D eigenvalue weighted by Crippen LogP contribution is 2.37. The third-order valence-electron chi connectivity index (χ3n) is 4.40. The highest BCUT2D eigenvalue weighted by Gasteiger charge is 2.31. The summed E-state index contributed by atoms with van der Waals surface area (Å²) >= 11 is 0. The summed E-state index contributed by atoms with van der Waals surface area (Å²) in [6.07, 6.45) is 0.283. The van der Waals surface area contributed by atoms with Gasteiger partial charge in [-0.05, 0) is 52.3 Å². The Bertz CT molecular complexity index is 892. The summed E-state index contributed by atoms with van der Waals surface area (Å²) in [5.74, 6) is 0.150. The van der Waals surface area contributed by atoms with Crippen molar-refractivity contribution in [1.29, 1.82) is 0 Å². The third kappa shape index (κ3) is 3.49. The highest BCUT2D eigenvalue weighted by atomic mass is 32.2. The van der Waals surface area contributed by atoms with Crippen molar-refractivity contribution in [3.8, 4) is 0 Å². The van der Waals surface area contributed by atoms with Crippen molar-refractivity contribution in [2.75, 3.05) is 5.32 Å². The van der Waals surface area contributed by atoms with Crippen LogP contribution in [0.25, 0.3) is 0 Å². The molecule has 1 heterocycles. The molecular weight excluding hydrogens is 336 g/mol. The van der Waals surface area contributed by atoms with Crippen LogP contribution in [0.2, 0.25) is 0 Å². The number of aromatic nitrogens is 1. The van der Waals surface area contributed by atoms with Crippen molar-refractivity contribution in [2.24, 2.45) is 0 Å². The van der Waals surface area contributed by atoms with Gasteiger partial charge in [-0.2, -0.15) is 0 Å². The minimum atomic E-state index is -3.74. The Balaban J connectivity index is 2.77. The summed E-state index contributed by atoms with van der Waals surface area (Å²) in [5, 5.41) is 2.80. The van der Waals surface area contributed by atoms with Crippen molar-refractivity contribution in [3.63, 3.8) is 0 Å². The van der Waals surface area contributed by atoms with E-state index in [1.807, 2.05) is 32.3 Å². The molecule has 136 valence electrons. The zero-order valence-corrected chi connectivity index (χ0v) is 16.5. The molecule has 1 N–H and O–H groups in total. The van der Waals surface area contributed by atoms with E-state index >= 15 is 0 Å². The minimum absolute atomic E-state index is 0.0211. The van der Waals surface area contributed by atoms with Crippen LogP contribution in [0.5, 0.6) is 0 Å². The molecule has 0 unspecified atom stereocenters. The van der Waals surface area contributed by atoms with Gasteiger partial charge in [0.25, 0.3) is 0 Å². The van der Waals surface area contributed by atoms with Crippen molar-refractivity contribution in [3.05, 3.63) is 41.1 Å². The van der Waals surface area contributed by atoms with E-state index in [0.717, 1.165) is 11.3 Å². The number of nitrogens with zero attached hydrogens (tertiary/aromatic N) is 1. The van der Waals surface area contributed by atoms with E-state index in [4.69, 9.17) is 0 Å². The van der Waals surface area contributed by atoms with Crippen LogP contribution in [0.15, 0.2) is 34.1 Å². The Morgan fingerprint density at radius 1 is 1.12 bits per heavy atom. The maximum Gasteiger partial charge on any atom is 0.225 e. The molecule has 0 aliphatic carbocycles. The first-order valence-corrected chi connectivity index (χ1v) is 9.92. The van der Waals surface area contributed by atoms with Gasteiger partial charge in [0.05, 0.1) is 4.90 Å². The lowest BCUT2D eigenvalue weighted by Crippen LogP contribution is -2.17. The van der Waals surface area contributed by atoms with Gasteiger partial charge in [0.15, 0.2) is 0 Å². The lowest BCUT2D eigenvalue weighted by Gasteiger charge is -2.17. The Morgan fingerprint density at radius 2 is 1.68 bits per heavy atom. The second-order valence-corrected chi connectivity index (χ2v) is 8.46. The standard InChI is InChI=1S/C19H26N2O3S/c1-7-17(22)20-19-18(14(5)15(6)21(19)12(2)3)25(23,24)16-10-8-13(4)9-11-16/h8-12H,7H2,1-6H3,(H,20,22). The molecule has 0 spiro atoms. The van der Waals surface area contributed by atoms with E-state index in [1.54, 1.807) is 38.1 Å². The van der Waals surface area contributed by atoms with Crippen molar-refractivity contribution in [1.82, 2.24) is 4.57 Å². The Hall–Kier alpha value is -2.08. The predicted octanol–water partition coefficient (Wildman–Crippen LogP) is 4.18. The zero-order valence-electron chi connectivity index (χ0n) is 15.7. The topological polar surface area (TPSA) is 68.2 Å².